The highest BCUT2D eigenvalue weighted by Crippen LogP contribution is 2.31. The van der Waals surface area contributed by atoms with Crippen LogP contribution in [0, 0.1) is 6.92 Å². The quantitative estimate of drug-likeness (QED) is 0.686. The Morgan fingerprint density at radius 2 is 1.79 bits per heavy atom. The SMILES string of the molecule is Cc1ccccc1Nc1nc(C(N)=O)c(-c2ccc(N3CCCCC3)cc2)o1. The summed E-state index contributed by atoms with van der Waals surface area (Å²) in [6.07, 6.45) is 3.75. The first-order chi connectivity index (χ1) is 13.6. The lowest BCUT2D eigenvalue weighted by molar-refractivity contribution is 0.0996. The number of para-hydroxylation sites is 1. The Kier molecular flexibility index (Phi) is 5.02. The van der Waals surface area contributed by atoms with E-state index in [4.69, 9.17) is 10.2 Å². The number of nitrogens with two attached hydrogens (primary N) is 1. The fourth-order valence-electron chi connectivity index (χ4n) is 3.54. The molecular weight excluding hydrogens is 352 g/mol. The van der Waals surface area contributed by atoms with E-state index in [0.29, 0.717) is 5.76 Å². The van der Waals surface area contributed by atoms with Crippen molar-refractivity contribution in [3.8, 4) is 11.3 Å². The molecule has 3 N–H and O–H groups in total. The van der Waals surface area contributed by atoms with Crippen LogP contribution in [-0.4, -0.2) is 24.0 Å². The molecule has 4 rings (SSSR count). The highest BCUT2D eigenvalue weighted by Gasteiger charge is 2.20. The molecular formula is C22H24N4O2. The van der Waals surface area contributed by atoms with Gasteiger partial charge in [0, 0.05) is 30.0 Å². The summed E-state index contributed by atoms with van der Waals surface area (Å²) in [5.74, 6) is -0.231. The minimum absolute atomic E-state index is 0.127. The van der Waals surface area contributed by atoms with Gasteiger partial charge in [0.15, 0.2) is 11.5 Å². The van der Waals surface area contributed by atoms with Crippen LogP contribution in [0.5, 0.6) is 0 Å². The van der Waals surface area contributed by atoms with Gasteiger partial charge in [-0.1, -0.05) is 18.2 Å². The van der Waals surface area contributed by atoms with Gasteiger partial charge in [-0.3, -0.25) is 4.79 Å². The first-order valence-corrected chi connectivity index (χ1v) is 9.60. The topological polar surface area (TPSA) is 84.4 Å². The Labute approximate surface area is 164 Å². The number of rotatable bonds is 5. The van der Waals surface area contributed by atoms with Gasteiger partial charge in [0.25, 0.3) is 11.9 Å². The minimum atomic E-state index is -0.614. The molecule has 0 spiro atoms. The summed E-state index contributed by atoms with van der Waals surface area (Å²) < 4.78 is 5.87. The smallest absolute Gasteiger partial charge is 0.300 e. The number of anilines is 3. The number of aryl methyl sites for hydroxylation is 1. The molecule has 2 heterocycles. The predicted octanol–water partition coefficient (Wildman–Crippen LogP) is 4.48. The molecule has 1 fully saturated rings. The van der Waals surface area contributed by atoms with Gasteiger partial charge in [0.2, 0.25) is 0 Å². The lowest BCUT2D eigenvalue weighted by Crippen LogP contribution is -2.29. The summed E-state index contributed by atoms with van der Waals surface area (Å²) in [7, 11) is 0. The van der Waals surface area contributed by atoms with Crippen LogP contribution in [0.15, 0.2) is 52.9 Å². The van der Waals surface area contributed by atoms with E-state index < -0.39 is 5.91 Å². The molecule has 0 saturated carbocycles. The molecule has 2 aromatic carbocycles. The van der Waals surface area contributed by atoms with E-state index in [2.05, 4.69) is 27.3 Å². The maximum atomic E-state index is 11.9. The van der Waals surface area contributed by atoms with Crippen molar-refractivity contribution in [1.29, 1.82) is 0 Å². The number of aromatic nitrogens is 1. The first kappa shape index (κ1) is 18.1. The predicted molar refractivity (Wildman–Crippen MR) is 111 cm³/mol. The summed E-state index contributed by atoms with van der Waals surface area (Å²) in [6.45, 7) is 4.15. The number of carbonyl (C=O) groups excluding carboxylic acids is 1. The molecule has 6 heteroatoms. The number of nitrogens with one attached hydrogen (secondary N) is 1. The lowest BCUT2D eigenvalue weighted by Gasteiger charge is -2.28. The number of benzene rings is 2. The molecule has 0 unspecified atom stereocenters. The molecule has 144 valence electrons. The average molecular weight is 376 g/mol. The molecule has 6 nitrogen and oxygen atoms in total. The zero-order chi connectivity index (χ0) is 19.5. The number of hydrogen-bond donors (Lipinski definition) is 2. The molecule has 1 aliphatic rings. The third kappa shape index (κ3) is 3.71. The molecule has 0 atom stereocenters. The molecule has 3 aromatic rings. The monoisotopic (exact) mass is 376 g/mol. The van der Waals surface area contributed by atoms with Crippen molar-refractivity contribution < 1.29 is 9.21 Å². The largest absolute Gasteiger partial charge is 0.422 e. The van der Waals surface area contributed by atoms with Crippen LogP contribution in [0.4, 0.5) is 17.4 Å². The fraction of sp³-hybridized carbons (Fsp3) is 0.273. The molecule has 1 saturated heterocycles. The van der Waals surface area contributed by atoms with Gasteiger partial charge in [0.05, 0.1) is 0 Å². The third-order valence-corrected chi connectivity index (χ3v) is 5.10. The van der Waals surface area contributed by atoms with Crippen LogP contribution >= 0.6 is 0 Å². The Hall–Kier alpha value is -3.28. The maximum Gasteiger partial charge on any atom is 0.300 e. The van der Waals surface area contributed by atoms with Crippen molar-refractivity contribution in [2.24, 2.45) is 5.73 Å². The van der Waals surface area contributed by atoms with Crippen LogP contribution < -0.4 is 16.0 Å². The number of primary amides is 1. The van der Waals surface area contributed by atoms with Crippen molar-refractivity contribution in [3.05, 3.63) is 59.8 Å². The highest BCUT2D eigenvalue weighted by atomic mass is 16.4. The van der Waals surface area contributed by atoms with E-state index in [1.807, 2.05) is 43.3 Å². The number of amides is 1. The zero-order valence-corrected chi connectivity index (χ0v) is 15.9. The van der Waals surface area contributed by atoms with Crippen LogP contribution in [-0.2, 0) is 0 Å². The van der Waals surface area contributed by atoms with Crippen molar-refractivity contribution in [2.45, 2.75) is 26.2 Å². The molecule has 28 heavy (non-hydrogen) atoms. The summed E-state index contributed by atoms with van der Waals surface area (Å²) in [5, 5.41) is 3.13. The molecule has 1 aromatic heterocycles. The Bertz CT molecular complexity index is 972. The third-order valence-electron chi connectivity index (χ3n) is 5.10. The molecule has 1 amide bonds. The Morgan fingerprint density at radius 1 is 1.07 bits per heavy atom. The second-order valence-electron chi connectivity index (χ2n) is 7.10. The van der Waals surface area contributed by atoms with E-state index >= 15 is 0 Å². The molecule has 1 aliphatic heterocycles. The van der Waals surface area contributed by atoms with Gasteiger partial charge in [-0.2, -0.15) is 4.98 Å². The van der Waals surface area contributed by atoms with Crippen molar-refractivity contribution in [2.75, 3.05) is 23.3 Å². The van der Waals surface area contributed by atoms with Crippen molar-refractivity contribution in [1.82, 2.24) is 4.98 Å². The van der Waals surface area contributed by atoms with Crippen LogP contribution in [0.1, 0.15) is 35.3 Å². The van der Waals surface area contributed by atoms with Gasteiger partial charge in [-0.15, -0.1) is 0 Å². The van der Waals surface area contributed by atoms with E-state index in [1.54, 1.807) is 0 Å². The molecule has 0 aliphatic carbocycles. The van der Waals surface area contributed by atoms with Crippen LogP contribution in [0.25, 0.3) is 11.3 Å². The number of hydrogen-bond acceptors (Lipinski definition) is 5. The Balaban J connectivity index is 1.62. The standard InChI is InChI=1S/C22H24N4O2/c1-15-7-3-4-8-18(15)24-22-25-19(21(23)27)20(28-22)16-9-11-17(12-10-16)26-13-5-2-6-14-26/h3-4,7-12H,2,5-6,13-14H2,1H3,(H2,23,27)(H,24,25). The van der Waals surface area contributed by atoms with E-state index in [9.17, 15) is 4.79 Å². The van der Waals surface area contributed by atoms with E-state index in [1.165, 1.54) is 24.9 Å². The first-order valence-electron chi connectivity index (χ1n) is 9.60. The number of carbonyl (C=O) groups is 1. The zero-order valence-electron chi connectivity index (χ0n) is 15.9. The van der Waals surface area contributed by atoms with Gasteiger partial charge in [-0.25, -0.2) is 0 Å². The van der Waals surface area contributed by atoms with Gasteiger partial charge in [-0.05, 0) is 62.1 Å². The van der Waals surface area contributed by atoms with E-state index in [-0.39, 0.29) is 11.7 Å². The number of nitrogens with zero attached hydrogens (tertiary/aromatic N) is 2. The normalized spacial score (nSPS) is 14.1. The fourth-order valence-corrected chi connectivity index (χ4v) is 3.54. The summed E-state index contributed by atoms with van der Waals surface area (Å²) >= 11 is 0. The Morgan fingerprint density at radius 3 is 2.46 bits per heavy atom. The van der Waals surface area contributed by atoms with Crippen LogP contribution in [0.2, 0.25) is 0 Å². The lowest BCUT2D eigenvalue weighted by atomic mass is 10.1. The van der Waals surface area contributed by atoms with E-state index in [0.717, 1.165) is 29.9 Å². The molecule has 0 bridgehead atoms. The summed E-state index contributed by atoms with van der Waals surface area (Å²) in [5.41, 5.74) is 9.54. The number of oxazole rings is 1. The second-order valence-corrected chi connectivity index (χ2v) is 7.10. The van der Waals surface area contributed by atoms with Gasteiger partial charge in [0.1, 0.15) is 0 Å². The molecule has 0 radical (unpaired) electrons. The number of piperidine rings is 1. The summed E-state index contributed by atoms with van der Waals surface area (Å²) in [4.78, 5) is 18.6. The van der Waals surface area contributed by atoms with Crippen molar-refractivity contribution in [3.63, 3.8) is 0 Å². The summed E-state index contributed by atoms with van der Waals surface area (Å²) in [6, 6.07) is 16.1. The minimum Gasteiger partial charge on any atom is -0.422 e. The van der Waals surface area contributed by atoms with Gasteiger partial charge >= 0.3 is 0 Å². The second kappa shape index (κ2) is 7.76. The van der Waals surface area contributed by atoms with Crippen LogP contribution in [0.3, 0.4) is 0 Å². The van der Waals surface area contributed by atoms with Gasteiger partial charge < -0.3 is 20.4 Å². The highest BCUT2D eigenvalue weighted by molar-refractivity contribution is 5.97. The maximum absolute atomic E-state index is 11.9. The average Bonchev–Trinajstić information content (AvgIpc) is 3.15. The van der Waals surface area contributed by atoms with Crippen molar-refractivity contribution >= 4 is 23.3 Å².